The van der Waals surface area contributed by atoms with Gasteiger partial charge in [0, 0.05) is 43.4 Å². The van der Waals surface area contributed by atoms with E-state index >= 15 is 0 Å². The topological polar surface area (TPSA) is 91.6 Å². The lowest BCUT2D eigenvalue weighted by molar-refractivity contribution is -0.125. The summed E-state index contributed by atoms with van der Waals surface area (Å²) in [4.78, 5) is 32.8. The number of carbonyl (C=O) groups is 2. The molecule has 0 unspecified atom stereocenters. The predicted molar refractivity (Wildman–Crippen MR) is 100 cm³/mol. The number of amides is 2. The lowest BCUT2D eigenvalue weighted by atomic mass is 9.96. The van der Waals surface area contributed by atoms with Gasteiger partial charge in [-0.15, -0.1) is 0 Å². The number of aromatic nitrogens is 1. The molecule has 1 aromatic heterocycles. The molecule has 26 heavy (non-hydrogen) atoms. The van der Waals surface area contributed by atoms with Crippen LogP contribution in [0.2, 0.25) is 0 Å². The van der Waals surface area contributed by atoms with E-state index in [0.29, 0.717) is 6.54 Å². The molecule has 2 saturated heterocycles. The van der Waals surface area contributed by atoms with E-state index in [9.17, 15) is 9.59 Å². The lowest BCUT2D eigenvalue weighted by Gasteiger charge is -2.32. The second-order valence-electron chi connectivity index (χ2n) is 7.48. The van der Waals surface area contributed by atoms with Crippen LogP contribution in [0.25, 0.3) is 0 Å². The van der Waals surface area contributed by atoms with Crippen LogP contribution in [0.5, 0.6) is 0 Å². The van der Waals surface area contributed by atoms with E-state index in [1.165, 1.54) is 0 Å². The maximum Gasteiger partial charge on any atom is 0.224 e. The second-order valence-corrected chi connectivity index (χ2v) is 7.48. The molecule has 7 heteroatoms. The van der Waals surface area contributed by atoms with Crippen LogP contribution in [0.4, 0.5) is 5.82 Å². The predicted octanol–water partition coefficient (Wildman–Crippen LogP) is 0.740. The first-order valence-corrected chi connectivity index (χ1v) is 9.43. The molecule has 142 valence electrons. The summed E-state index contributed by atoms with van der Waals surface area (Å²) in [7, 11) is 2.06. The number of carbonyl (C=O) groups excluding carboxylic acids is 2. The Morgan fingerprint density at radius 1 is 1.27 bits per heavy atom. The fourth-order valence-corrected chi connectivity index (χ4v) is 3.99. The van der Waals surface area contributed by atoms with Crippen molar-refractivity contribution in [2.45, 2.75) is 38.8 Å². The molecule has 3 N–H and O–H groups in total. The van der Waals surface area contributed by atoms with Crippen molar-refractivity contribution >= 4 is 17.6 Å². The third-order valence-corrected chi connectivity index (χ3v) is 5.92. The van der Waals surface area contributed by atoms with E-state index in [-0.39, 0.29) is 29.7 Å². The molecule has 2 fully saturated rings. The Morgan fingerprint density at radius 3 is 2.62 bits per heavy atom. The molecule has 2 aliphatic heterocycles. The monoisotopic (exact) mass is 359 g/mol. The molecular formula is C19H29N5O2. The summed E-state index contributed by atoms with van der Waals surface area (Å²) in [5, 5.41) is 3.09. The number of hydrogen-bond acceptors (Lipinski definition) is 5. The van der Waals surface area contributed by atoms with Gasteiger partial charge in [-0.2, -0.15) is 0 Å². The number of likely N-dealkylation sites (tertiary alicyclic amines) is 1. The second kappa shape index (κ2) is 8.03. The van der Waals surface area contributed by atoms with Crippen molar-refractivity contribution in [2.24, 2.45) is 17.6 Å². The number of hydrogen-bond donors (Lipinski definition) is 2. The zero-order valence-electron chi connectivity index (χ0n) is 15.6. The van der Waals surface area contributed by atoms with E-state index < -0.39 is 0 Å². The Morgan fingerprint density at radius 2 is 2.00 bits per heavy atom. The van der Waals surface area contributed by atoms with Crippen molar-refractivity contribution in [3.8, 4) is 0 Å². The summed E-state index contributed by atoms with van der Waals surface area (Å²) in [6.07, 6.45) is 4.19. The maximum absolute atomic E-state index is 12.6. The van der Waals surface area contributed by atoms with Crippen molar-refractivity contribution in [2.75, 3.05) is 31.6 Å². The van der Waals surface area contributed by atoms with E-state index in [1.807, 2.05) is 12.1 Å². The van der Waals surface area contributed by atoms with Crippen molar-refractivity contribution < 1.29 is 9.59 Å². The molecule has 0 aromatic carbocycles. The maximum atomic E-state index is 12.6. The highest BCUT2D eigenvalue weighted by Crippen LogP contribution is 2.25. The van der Waals surface area contributed by atoms with Crippen molar-refractivity contribution in [1.29, 1.82) is 0 Å². The molecule has 0 saturated carbocycles. The van der Waals surface area contributed by atoms with Gasteiger partial charge >= 0.3 is 0 Å². The minimum atomic E-state index is -0.214. The highest BCUT2D eigenvalue weighted by molar-refractivity contribution is 5.80. The van der Waals surface area contributed by atoms with Gasteiger partial charge in [0.25, 0.3) is 0 Å². The van der Waals surface area contributed by atoms with Crippen LogP contribution in [0.15, 0.2) is 18.3 Å². The van der Waals surface area contributed by atoms with Crippen LogP contribution >= 0.6 is 0 Å². The van der Waals surface area contributed by atoms with Gasteiger partial charge in [-0.1, -0.05) is 6.07 Å². The highest BCUT2D eigenvalue weighted by atomic mass is 16.2. The summed E-state index contributed by atoms with van der Waals surface area (Å²) >= 11 is 0. The Balaban J connectivity index is 1.61. The third-order valence-electron chi connectivity index (χ3n) is 5.92. The quantitative estimate of drug-likeness (QED) is 0.809. The smallest absolute Gasteiger partial charge is 0.224 e. The molecule has 0 radical (unpaired) electrons. The van der Waals surface area contributed by atoms with Crippen molar-refractivity contribution in [3.63, 3.8) is 0 Å². The van der Waals surface area contributed by atoms with E-state index in [2.05, 4.69) is 34.1 Å². The fourth-order valence-electron chi connectivity index (χ4n) is 3.99. The summed E-state index contributed by atoms with van der Waals surface area (Å²) in [5.41, 5.74) is 6.43. The molecule has 2 amide bonds. The fraction of sp³-hybridized carbons (Fsp3) is 0.632. The Bertz CT molecular complexity index is 657. The summed E-state index contributed by atoms with van der Waals surface area (Å²) in [6.45, 7) is 5.07. The van der Waals surface area contributed by atoms with Crippen molar-refractivity contribution in [1.82, 2.24) is 15.2 Å². The van der Waals surface area contributed by atoms with Gasteiger partial charge in [0.05, 0.1) is 5.92 Å². The normalized spacial score (nSPS) is 24.6. The van der Waals surface area contributed by atoms with Gasteiger partial charge in [-0.05, 0) is 45.8 Å². The third kappa shape index (κ3) is 3.98. The van der Waals surface area contributed by atoms with Crippen LogP contribution in [0, 0.1) is 11.8 Å². The number of primary amides is 1. The first-order chi connectivity index (χ1) is 12.5. The highest BCUT2D eigenvalue weighted by Gasteiger charge is 2.33. The summed E-state index contributed by atoms with van der Waals surface area (Å²) in [6, 6.07) is 4.18. The lowest BCUT2D eigenvalue weighted by Crippen LogP contribution is -2.40. The van der Waals surface area contributed by atoms with Crippen molar-refractivity contribution in [3.05, 3.63) is 23.9 Å². The number of anilines is 1. The SMILES string of the molecule is C[C@@H]1[C@H](C(=O)NCc2cccnc2N2CCC(C(N)=O)CC2)CCN1C. The minimum absolute atomic E-state index is 0.0426. The molecule has 7 nitrogen and oxygen atoms in total. The molecule has 0 spiro atoms. The largest absolute Gasteiger partial charge is 0.369 e. The standard InChI is InChI=1S/C19H29N5O2/c1-13-16(7-9-23(13)2)19(26)22-12-15-4-3-8-21-18(15)24-10-5-14(6-11-24)17(20)25/h3-4,8,13-14,16H,5-7,9-12H2,1-2H3,(H2,20,25)(H,22,26)/t13-,16-/m1/s1. The van der Waals surface area contributed by atoms with Crippen LogP contribution in [0.1, 0.15) is 31.7 Å². The number of pyridine rings is 1. The molecule has 0 aliphatic carbocycles. The van der Waals surface area contributed by atoms with Crippen LogP contribution in [0.3, 0.4) is 0 Å². The first-order valence-electron chi connectivity index (χ1n) is 9.43. The summed E-state index contributed by atoms with van der Waals surface area (Å²) in [5.74, 6) is 0.801. The number of rotatable bonds is 5. The van der Waals surface area contributed by atoms with Crippen LogP contribution < -0.4 is 16.0 Å². The number of nitrogens with two attached hydrogens (primary N) is 1. The Kier molecular flexibility index (Phi) is 5.76. The zero-order chi connectivity index (χ0) is 18.7. The molecule has 2 aliphatic rings. The average Bonchev–Trinajstić information content (AvgIpc) is 2.99. The molecule has 3 heterocycles. The van der Waals surface area contributed by atoms with Gasteiger partial charge in [0.1, 0.15) is 5.82 Å². The molecule has 0 bridgehead atoms. The zero-order valence-corrected chi connectivity index (χ0v) is 15.6. The Hall–Kier alpha value is -2.15. The number of piperidine rings is 1. The molecule has 1 aromatic rings. The molecule has 2 atom stereocenters. The van der Waals surface area contributed by atoms with Gasteiger partial charge in [0.15, 0.2) is 0 Å². The van der Waals surface area contributed by atoms with Gasteiger partial charge in [-0.25, -0.2) is 4.98 Å². The van der Waals surface area contributed by atoms with E-state index in [0.717, 1.165) is 50.3 Å². The molecule has 3 rings (SSSR count). The first kappa shape index (κ1) is 18.6. The average molecular weight is 359 g/mol. The summed E-state index contributed by atoms with van der Waals surface area (Å²) < 4.78 is 0. The Labute approximate surface area is 154 Å². The van der Waals surface area contributed by atoms with Crippen LogP contribution in [-0.2, 0) is 16.1 Å². The van der Waals surface area contributed by atoms with E-state index in [4.69, 9.17) is 5.73 Å². The van der Waals surface area contributed by atoms with Gasteiger partial charge in [-0.3, -0.25) is 9.59 Å². The van der Waals surface area contributed by atoms with Gasteiger partial charge < -0.3 is 20.9 Å². The number of nitrogens with one attached hydrogen (secondary N) is 1. The van der Waals surface area contributed by atoms with Gasteiger partial charge in [0.2, 0.25) is 11.8 Å². The minimum Gasteiger partial charge on any atom is -0.369 e. The number of nitrogens with zero attached hydrogens (tertiary/aromatic N) is 3. The molecular weight excluding hydrogens is 330 g/mol. The van der Waals surface area contributed by atoms with E-state index in [1.54, 1.807) is 6.20 Å². The van der Waals surface area contributed by atoms with Crippen LogP contribution in [-0.4, -0.2) is 54.4 Å².